The van der Waals surface area contributed by atoms with Crippen LogP contribution >= 0.6 is 11.3 Å². The highest BCUT2D eigenvalue weighted by Crippen LogP contribution is 2.63. The highest BCUT2D eigenvalue weighted by atomic mass is 32.1. The van der Waals surface area contributed by atoms with Gasteiger partial charge in [0.2, 0.25) is 0 Å². The molecule has 0 aliphatic heterocycles. The molecule has 324 valence electrons. The maximum absolute atomic E-state index is 2.58. The minimum atomic E-state index is -0.433. The first-order valence-electron chi connectivity index (χ1n) is 24.2. The molecule has 2 nitrogen and oxygen atoms in total. The van der Waals surface area contributed by atoms with E-state index in [0.29, 0.717) is 0 Å². The Hall–Kier alpha value is -8.76. The summed E-state index contributed by atoms with van der Waals surface area (Å²) in [5.41, 5.74) is 22.4. The van der Waals surface area contributed by atoms with Crippen molar-refractivity contribution in [3.63, 3.8) is 0 Å². The lowest BCUT2D eigenvalue weighted by Crippen LogP contribution is -2.26. The van der Waals surface area contributed by atoms with Gasteiger partial charge >= 0.3 is 0 Å². The Morgan fingerprint density at radius 2 is 0.857 bits per heavy atom. The van der Waals surface area contributed by atoms with Gasteiger partial charge in [0.1, 0.15) is 0 Å². The largest absolute Gasteiger partial charge is 0.309 e. The average molecular weight is 905 g/mol. The van der Waals surface area contributed by atoms with Crippen LogP contribution < -0.4 is 0 Å². The fourth-order valence-corrected chi connectivity index (χ4v) is 14.2. The molecular formula is C67H40N2S. The van der Waals surface area contributed by atoms with E-state index in [2.05, 4.69) is 252 Å². The zero-order valence-electron chi connectivity index (χ0n) is 37.9. The fourth-order valence-electron chi connectivity index (χ4n) is 12.9. The third kappa shape index (κ3) is 4.96. The van der Waals surface area contributed by atoms with E-state index in [4.69, 9.17) is 0 Å². The zero-order valence-corrected chi connectivity index (χ0v) is 38.7. The topological polar surface area (TPSA) is 9.86 Å². The lowest BCUT2D eigenvalue weighted by molar-refractivity contribution is 0.792. The monoisotopic (exact) mass is 904 g/mol. The third-order valence-corrected chi connectivity index (χ3v) is 16.9. The van der Waals surface area contributed by atoms with Crippen LogP contribution in [0.5, 0.6) is 0 Å². The van der Waals surface area contributed by atoms with E-state index in [-0.39, 0.29) is 0 Å². The number of thiophene rings is 1. The van der Waals surface area contributed by atoms with Gasteiger partial charge in [-0.2, -0.15) is 0 Å². The Kier molecular flexibility index (Phi) is 7.73. The van der Waals surface area contributed by atoms with Crippen LogP contribution in [0, 0.1) is 0 Å². The van der Waals surface area contributed by atoms with Crippen molar-refractivity contribution < 1.29 is 0 Å². The molecule has 11 aromatic carbocycles. The SMILES string of the molecule is c1ccc(-c2cccc(-n3c4ccccc4c4cc(-c5cc6c7ccccc7n(-c7ccc8c(c7)C7(c9ccccc9-c9ccccc97)c7ccccc7-8)c6c6c5sc5ccccc56)ccc43)c2)cc1. The number of hydrogen-bond acceptors (Lipinski definition) is 1. The second-order valence-corrected chi connectivity index (χ2v) is 20.1. The van der Waals surface area contributed by atoms with Gasteiger partial charge < -0.3 is 9.13 Å². The predicted octanol–water partition coefficient (Wildman–Crippen LogP) is 17.9. The lowest BCUT2D eigenvalue weighted by atomic mass is 9.70. The molecule has 14 aromatic rings. The minimum Gasteiger partial charge on any atom is -0.309 e. The van der Waals surface area contributed by atoms with E-state index in [1.807, 2.05) is 11.3 Å². The molecule has 0 N–H and O–H groups in total. The van der Waals surface area contributed by atoms with Crippen LogP contribution in [0.15, 0.2) is 243 Å². The molecule has 0 saturated carbocycles. The van der Waals surface area contributed by atoms with Crippen LogP contribution in [-0.2, 0) is 5.41 Å². The molecule has 2 aliphatic rings. The Balaban J connectivity index is 0.956. The third-order valence-electron chi connectivity index (χ3n) is 15.7. The standard InChI is InChI=1S/C67H40N2S/c1-2-17-41(18-3-1)42-19-16-20-44(37-42)68-60-30-13-7-24-50(60)54-38-43(33-36-62(54)68)53-40-55-51-25-8-14-31-61(51)69(65(55)64-52-26-9-15-32-63(52)70-66(53)64)45-34-35-49-48-23-6-12-29-58(48)67(59(49)39-45)56-27-10-4-21-46(56)47-22-5-11-28-57(47)67/h1-40H. The number of benzene rings is 11. The van der Waals surface area contributed by atoms with Gasteiger partial charge in [0.05, 0.1) is 27.5 Å². The Labute approximate surface area is 408 Å². The summed E-state index contributed by atoms with van der Waals surface area (Å²) in [6.45, 7) is 0. The van der Waals surface area contributed by atoms with Gasteiger partial charge in [-0.1, -0.05) is 182 Å². The molecule has 0 radical (unpaired) electrons. The molecule has 0 bridgehead atoms. The molecule has 0 saturated heterocycles. The van der Waals surface area contributed by atoms with Crippen molar-refractivity contribution in [1.82, 2.24) is 9.13 Å². The summed E-state index contributed by atoms with van der Waals surface area (Å²) in [7, 11) is 0. The molecule has 3 heteroatoms. The van der Waals surface area contributed by atoms with Crippen molar-refractivity contribution in [2.45, 2.75) is 5.41 Å². The number of hydrogen-bond donors (Lipinski definition) is 0. The molecular weight excluding hydrogens is 865 g/mol. The van der Waals surface area contributed by atoms with Gasteiger partial charge in [0.15, 0.2) is 0 Å². The zero-order chi connectivity index (χ0) is 45.7. The highest BCUT2D eigenvalue weighted by molar-refractivity contribution is 7.26. The number of para-hydroxylation sites is 2. The van der Waals surface area contributed by atoms with Crippen molar-refractivity contribution in [3.8, 4) is 55.9 Å². The Morgan fingerprint density at radius 1 is 0.300 bits per heavy atom. The first-order valence-corrected chi connectivity index (χ1v) is 25.1. The van der Waals surface area contributed by atoms with E-state index < -0.39 is 5.41 Å². The Morgan fingerprint density at radius 3 is 1.59 bits per heavy atom. The molecule has 70 heavy (non-hydrogen) atoms. The summed E-state index contributed by atoms with van der Waals surface area (Å²) in [4.78, 5) is 0. The van der Waals surface area contributed by atoms with Crippen LogP contribution in [0.25, 0.3) is 120 Å². The van der Waals surface area contributed by atoms with Crippen molar-refractivity contribution in [3.05, 3.63) is 265 Å². The summed E-state index contributed by atoms with van der Waals surface area (Å²) in [6.07, 6.45) is 0. The van der Waals surface area contributed by atoms with Gasteiger partial charge in [-0.15, -0.1) is 11.3 Å². The van der Waals surface area contributed by atoms with E-state index in [1.165, 1.54) is 136 Å². The van der Waals surface area contributed by atoms with Crippen LogP contribution in [0.1, 0.15) is 22.3 Å². The molecule has 1 spiro atoms. The van der Waals surface area contributed by atoms with Crippen molar-refractivity contribution in [2.24, 2.45) is 0 Å². The van der Waals surface area contributed by atoms with E-state index in [0.717, 1.165) is 5.69 Å². The Bertz CT molecular complexity index is 4480. The molecule has 0 fully saturated rings. The van der Waals surface area contributed by atoms with E-state index >= 15 is 0 Å². The molecule has 2 aliphatic carbocycles. The van der Waals surface area contributed by atoms with E-state index in [9.17, 15) is 0 Å². The van der Waals surface area contributed by atoms with Crippen LogP contribution in [0.2, 0.25) is 0 Å². The summed E-state index contributed by atoms with van der Waals surface area (Å²) >= 11 is 1.92. The molecule has 3 aromatic heterocycles. The minimum absolute atomic E-state index is 0.433. The molecule has 0 amide bonds. The molecule has 0 atom stereocenters. The maximum atomic E-state index is 2.58. The number of nitrogens with zero attached hydrogens (tertiary/aromatic N) is 2. The van der Waals surface area contributed by atoms with Crippen molar-refractivity contribution in [2.75, 3.05) is 0 Å². The number of aromatic nitrogens is 2. The second kappa shape index (κ2) is 14.1. The van der Waals surface area contributed by atoms with Gasteiger partial charge in [-0.25, -0.2) is 0 Å². The highest BCUT2D eigenvalue weighted by Gasteiger charge is 2.51. The maximum Gasteiger partial charge on any atom is 0.0726 e. The molecule has 16 rings (SSSR count). The summed E-state index contributed by atoms with van der Waals surface area (Å²) in [6, 6.07) is 90.9. The summed E-state index contributed by atoms with van der Waals surface area (Å²) < 4.78 is 7.62. The van der Waals surface area contributed by atoms with Crippen molar-refractivity contribution in [1.29, 1.82) is 0 Å². The van der Waals surface area contributed by atoms with Gasteiger partial charge in [-0.05, 0) is 122 Å². The first-order chi connectivity index (χ1) is 34.7. The first kappa shape index (κ1) is 38.2. The number of fused-ring (bicyclic) bond motifs is 20. The van der Waals surface area contributed by atoms with Gasteiger partial charge in [0, 0.05) is 58.7 Å². The smallest absolute Gasteiger partial charge is 0.0726 e. The normalized spacial score (nSPS) is 13.3. The summed E-state index contributed by atoms with van der Waals surface area (Å²) in [5, 5.41) is 7.61. The van der Waals surface area contributed by atoms with Crippen molar-refractivity contribution >= 4 is 75.1 Å². The van der Waals surface area contributed by atoms with Gasteiger partial charge in [0.25, 0.3) is 0 Å². The number of rotatable bonds is 4. The quantitative estimate of drug-likeness (QED) is 0.167. The van der Waals surface area contributed by atoms with E-state index in [1.54, 1.807) is 0 Å². The van der Waals surface area contributed by atoms with Crippen LogP contribution in [0.3, 0.4) is 0 Å². The lowest BCUT2D eigenvalue weighted by Gasteiger charge is -2.30. The van der Waals surface area contributed by atoms with Gasteiger partial charge in [-0.3, -0.25) is 0 Å². The fraction of sp³-hybridized carbons (Fsp3) is 0.0149. The average Bonchev–Trinajstić information content (AvgIpc) is 4.22. The molecule has 3 heterocycles. The molecule has 0 unspecified atom stereocenters. The summed E-state index contributed by atoms with van der Waals surface area (Å²) in [5.74, 6) is 0. The van der Waals surface area contributed by atoms with Crippen LogP contribution in [-0.4, -0.2) is 9.13 Å². The second-order valence-electron chi connectivity index (χ2n) is 19.1. The predicted molar refractivity (Wildman–Crippen MR) is 295 cm³/mol. The van der Waals surface area contributed by atoms with Crippen LogP contribution in [0.4, 0.5) is 0 Å².